The third-order valence-corrected chi connectivity index (χ3v) is 4.20. The van der Waals surface area contributed by atoms with Crippen LogP contribution in [-0.4, -0.2) is 26.9 Å². The molecule has 0 unspecified atom stereocenters. The molecule has 0 spiro atoms. The normalized spacial score (nSPS) is 11.8. The quantitative estimate of drug-likeness (QED) is 0.616. The van der Waals surface area contributed by atoms with Gasteiger partial charge in [0.25, 0.3) is 5.12 Å². The van der Waals surface area contributed by atoms with Crippen LogP contribution < -0.4 is 0 Å². The van der Waals surface area contributed by atoms with Crippen molar-refractivity contribution in [3.63, 3.8) is 0 Å². The van der Waals surface area contributed by atoms with E-state index in [1.54, 1.807) is 12.1 Å². The summed E-state index contributed by atoms with van der Waals surface area (Å²) in [7, 11) is 1.26. The Morgan fingerprint density at radius 3 is 2.33 bits per heavy atom. The molecule has 15 heavy (non-hydrogen) atoms. The zero-order valence-electron chi connectivity index (χ0n) is 7.42. The second-order valence-electron chi connectivity index (χ2n) is 2.55. The molecule has 0 aliphatic rings. The van der Waals surface area contributed by atoms with E-state index < -0.39 is 15.0 Å². The Morgan fingerprint density at radius 2 is 1.87 bits per heavy atom. The van der Waals surface area contributed by atoms with Gasteiger partial charge in [-0.3, -0.25) is 4.79 Å². The van der Waals surface area contributed by atoms with Crippen LogP contribution >= 0.6 is 24.0 Å². The molecule has 1 rings (SSSR count). The minimum Gasteiger partial charge on any atom is -0.276 e. The average Bonchev–Trinajstić information content (AvgIpc) is 2.18. The van der Waals surface area contributed by atoms with Crippen LogP contribution in [0.4, 0.5) is 0 Å². The molecule has 1 aromatic carbocycles. The first-order chi connectivity index (χ1) is 6.98. The number of sulfone groups is 1. The van der Waals surface area contributed by atoms with Crippen molar-refractivity contribution >= 4 is 52.3 Å². The largest absolute Gasteiger partial charge is 0.277 e. The second-order valence-corrected chi connectivity index (χ2v) is 5.91. The third-order valence-electron chi connectivity index (χ3n) is 1.57. The first-order valence-corrected chi connectivity index (χ1v) is 7.07. The second kappa shape index (κ2) is 5.06. The maximum Gasteiger partial charge on any atom is 0.277 e. The van der Waals surface area contributed by atoms with E-state index >= 15 is 0 Å². The van der Waals surface area contributed by atoms with Gasteiger partial charge < -0.3 is 0 Å². The van der Waals surface area contributed by atoms with Gasteiger partial charge in [-0.2, -0.15) is 8.08 Å². The van der Waals surface area contributed by atoms with E-state index in [1.165, 1.54) is 12.1 Å². The highest BCUT2D eigenvalue weighted by atomic mass is 79.9. The first kappa shape index (κ1) is 12.6. The number of rotatable bonds is 2. The molecule has 0 aromatic heterocycles. The van der Waals surface area contributed by atoms with Crippen LogP contribution in [-0.2, 0) is 14.6 Å². The maximum atomic E-state index is 11.6. The lowest BCUT2D eigenvalue weighted by atomic mass is 10.4. The highest BCUT2D eigenvalue weighted by Crippen LogP contribution is 2.16. The van der Waals surface area contributed by atoms with Crippen molar-refractivity contribution in [2.45, 2.75) is 4.90 Å². The van der Waals surface area contributed by atoms with Crippen LogP contribution in [0.1, 0.15) is 0 Å². The van der Waals surface area contributed by atoms with Crippen molar-refractivity contribution in [2.75, 3.05) is 0 Å². The minimum absolute atomic E-state index is 0.0319. The topological polar surface area (TPSA) is 51.2 Å². The fourth-order valence-corrected chi connectivity index (χ4v) is 2.71. The van der Waals surface area contributed by atoms with Gasteiger partial charge in [-0.1, -0.05) is 15.9 Å². The smallest absolute Gasteiger partial charge is 0.276 e. The van der Waals surface area contributed by atoms with E-state index in [0.29, 0.717) is 0 Å². The lowest BCUT2D eigenvalue weighted by molar-refractivity contribution is -0.105. The molecule has 0 fully saturated rings. The Balaban J connectivity index is 3.18. The molecule has 0 aliphatic heterocycles. The summed E-state index contributed by atoms with van der Waals surface area (Å²) in [6.07, 6.45) is 0. The summed E-state index contributed by atoms with van der Waals surface area (Å²) < 4.78 is 23.9. The summed E-state index contributed by atoms with van der Waals surface area (Å²) in [4.78, 5) is 11.2. The fourth-order valence-electron chi connectivity index (χ4n) is 0.860. The summed E-state index contributed by atoms with van der Waals surface area (Å²) in [5.41, 5.74) is 0. The zero-order chi connectivity index (χ0) is 11.5. The van der Waals surface area contributed by atoms with Crippen molar-refractivity contribution in [1.29, 1.82) is 0 Å². The van der Waals surface area contributed by atoms with Crippen molar-refractivity contribution in [1.82, 2.24) is 0 Å². The van der Waals surface area contributed by atoms with Gasteiger partial charge in [0.1, 0.15) is 0 Å². The predicted molar refractivity (Wildman–Crippen MR) is 65.1 cm³/mol. The van der Waals surface area contributed by atoms with Crippen LogP contribution in [0, 0.1) is 0 Å². The van der Waals surface area contributed by atoms with Crippen molar-refractivity contribution in [3.8, 4) is 0 Å². The molecule has 0 amide bonds. The van der Waals surface area contributed by atoms with E-state index in [4.69, 9.17) is 7.57 Å². The van der Waals surface area contributed by atoms with Gasteiger partial charge in [-0.15, -0.1) is 0 Å². The molecule has 76 valence electrons. The molecule has 0 saturated heterocycles. The van der Waals surface area contributed by atoms with E-state index in [0.717, 1.165) is 10.3 Å². The molecule has 0 saturated carbocycles. The summed E-state index contributed by atoms with van der Waals surface area (Å²) in [5.74, 6) is 0.914. The van der Waals surface area contributed by atoms with E-state index in [9.17, 15) is 13.2 Å². The van der Waals surface area contributed by atoms with Gasteiger partial charge in [-0.25, -0.2) is 8.42 Å². The van der Waals surface area contributed by atoms with E-state index in [2.05, 4.69) is 15.9 Å². The number of halogens is 1. The van der Waals surface area contributed by atoms with Crippen LogP contribution in [0.2, 0.25) is 0 Å². The van der Waals surface area contributed by atoms with Gasteiger partial charge in [0, 0.05) is 10.3 Å². The molecule has 0 atom stereocenters. The van der Waals surface area contributed by atoms with Gasteiger partial charge in [-0.05, 0) is 24.3 Å². The molecule has 0 bridgehead atoms. The average molecular weight is 303 g/mol. The number of hydrogen-bond acceptors (Lipinski definition) is 3. The van der Waals surface area contributed by atoms with Crippen LogP contribution in [0.25, 0.3) is 0 Å². The maximum absolute atomic E-state index is 11.6. The van der Waals surface area contributed by atoms with Gasteiger partial charge >= 0.3 is 0 Å². The standard InChI is InChI=1S/C8H5BBrO3PS/c9-14-5-8(11)15(12,13)7-3-1-6(10)2-4-7/h1-5H. The number of benzene rings is 1. The number of carbonyl (C=O) groups is 1. The summed E-state index contributed by atoms with van der Waals surface area (Å²) in [6, 6.07) is 5.83. The molecule has 0 heterocycles. The molecule has 0 N–H and O–H groups in total. The summed E-state index contributed by atoms with van der Waals surface area (Å²) in [6.45, 7) is 0. The lowest BCUT2D eigenvalue weighted by Gasteiger charge is -1.99. The number of carbonyl (C=O) groups excluding carboxylic acids is 1. The molecule has 2 radical (unpaired) electrons. The molecule has 7 heteroatoms. The molecule has 1 aromatic rings. The lowest BCUT2D eigenvalue weighted by Crippen LogP contribution is -2.15. The van der Waals surface area contributed by atoms with Gasteiger partial charge in [0.05, 0.1) is 4.90 Å². The highest BCUT2D eigenvalue weighted by Gasteiger charge is 2.21. The number of hydrogen-bond donors (Lipinski definition) is 0. The predicted octanol–water partition coefficient (Wildman–Crippen LogP) is 1.58. The SMILES string of the molecule is [B]P=CC(=O)S(=O)(=O)c1ccc(Br)cc1. The molecular formula is C8H5BBrO3PS. The van der Waals surface area contributed by atoms with Crippen molar-refractivity contribution in [2.24, 2.45) is 0 Å². The molecule has 0 aliphatic carbocycles. The van der Waals surface area contributed by atoms with Crippen LogP contribution in [0.15, 0.2) is 33.6 Å². The summed E-state index contributed by atoms with van der Waals surface area (Å²) in [5, 5.41) is -0.978. The van der Waals surface area contributed by atoms with E-state index in [1.807, 2.05) is 0 Å². The Bertz CT molecular complexity index is 495. The van der Waals surface area contributed by atoms with Crippen molar-refractivity contribution < 1.29 is 13.2 Å². The third kappa shape index (κ3) is 3.00. The first-order valence-electron chi connectivity index (χ1n) is 3.76. The monoisotopic (exact) mass is 302 g/mol. The Hall–Kier alpha value is -0.445. The van der Waals surface area contributed by atoms with Crippen LogP contribution in [0.3, 0.4) is 0 Å². The Kier molecular flexibility index (Phi) is 4.26. The van der Waals surface area contributed by atoms with Crippen LogP contribution in [0.5, 0.6) is 0 Å². The van der Waals surface area contributed by atoms with Crippen molar-refractivity contribution in [3.05, 3.63) is 28.7 Å². The Labute approximate surface area is 99.1 Å². The van der Waals surface area contributed by atoms with E-state index in [-0.39, 0.29) is 13.0 Å². The highest BCUT2D eigenvalue weighted by molar-refractivity contribution is 9.10. The zero-order valence-corrected chi connectivity index (χ0v) is 10.7. The Morgan fingerprint density at radius 1 is 1.33 bits per heavy atom. The van der Waals surface area contributed by atoms with Gasteiger partial charge in [0.15, 0.2) is 7.57 Å². The molecule has 3 nitrogen and oxygen atoms in total. The minimum atomic E-state index is -3.92. The summed E-state index contributed by atoms with van der Waals surface area (Å²) >= 11 is 3.17. The molecular weight excluding hydrogens is 298 g/mol. The van der Waals surface area contributed by atoms with Gasteiger partial charge in [0.2, 0.25) is 9.84 Å². The fraction of sp³-hybridized carbons (Fsp3) is 0.